The van der Waals surface area contributed by atoms with Gasteiger partial charge >= 0.3 is 0 Å². The minimum Gasteiger partial charge on any atom is -0.493 e. The van der Waals surface area contributed by atoms with Crippen LogP contribution in [0, 0.1) is 0 Å². The Labute approximate surface area is 125 Å². The standard InChI is InChI=1S/C14H21NO5S/c1-19-13-7-5-10-11(14(13)20-2)4-6-12(10)15-8-3-9-21(16,17)18/h5,7,12,15H,3-4,6,8-9H2,1-2H3,(H,16,17,18). The quantitative estimate of drug-likeness (QED) is 0.587. The molecule has 0 saturated carbocycles. The second-order valence-electron chi connectivity index (χ2n) is 5.05. The zero-order valence-electron chi connectivity index (χ0n) is 12.3. The molecule has 1 aliphatic rings. The van der Waals surface area contributed by atoms with Crippen LogP contribution >= 0.6 is 0 Å². The van der Waals surface area contributed by atoms with Gasteiger partial charge < -0.3 is 14.8 Å². The van der Waals surface area contributed by atoms with Gasteiger partial charge in [0.25, 0.3) is 10.1 Å². The van der Waals surface area contributed by atoms with E-state index in [2.05, 4.69) is 5.32 Å². The molecule has 0 amide bonds. The molecule has 118 valence electrons. The molecule has 0 heterocycles. The van der Waals surface area contributed by atoms with Gasteiger partial charge in [-0.25, -0.2) is 0 Å². The van der Waals surface area contributed by atoms with Gasteiger partial charge in [0, 0.05) is 11.6 Å². The third-order valence-corrected chi connectivity index (χ3v) is 4.52. The average molecular weight is 315 g/mol. The van der Waals surface area contributed by atoms with Crippen molar-refractivity contribution in [1.82, 2.24) is 5.32 Å². The molecule has 1 atom stereocenters. The van der Waals surface area contributed by atoms with E-state index in [1.54, 1.807) is 14.2 Å². The lowest BCUT2D eigenvalue weighted by atomic mass is 10.1. The number of ether oxygens (including phenoxy) is 2. The minimum atomic E-state index is -3.88. The number of fused-ring (bicyclic) bond motifs is 1. The van der Waals surface area contributed by atoms with E-state index in [0.717, 1.165) is 29.9 Å². The number of hydrogen-bond acceptors (Lipinski definition) is 5. The highest BCUT2D eigenvalue weighted by Gasteiger charge is 2.26. The summed E-state index contributed by atoms with van der Waals surface area (Å²) in [5, 5.41) is 3.33. The van der Waals surface area contributed by atoms with E-state index in [0.29, 0.717) is 13.0 Å². The highest BCUT2D eigenvalue weighted by atomic mass is 32.2. The summed E-state index contributed by atoms with van der Waals surface area (Å²) in [5.74, 6) is 1.28. The summed E-state index contributed by atoms with van der Waals surface area (Å²) in [6.45, 7) is 0.540. The van der Waals surface area contributed by atoms with Gasteiger partial charge in [0.15, 0.2) is 11.5 Å². The van der Waals surface area contributed by atoms with Crippen molar-refractivity contribution in [2.75, 3.05) is 26.5 Å². The molecule has 0 bridgehead atoms. The lowest BCUT2D eigenvalue weighted by Crippen LogP contribution is -2.22. The Morgan fingerprint density at radius 1 is 1.33 bits per heavy atom. The zero-order chi connectivity index (χ0) is 15.5. The Morgan fingerprint density at radius 2 is 2.10 bits per heavy atom. The van der Waals surface area contributed by atoms with Crippen LogP contribution in [0.3, 0.4) is 0 Å². The molecule has 6 nitrogen and oxygen atoms in total. The smallest absolute Gasteiger partial charge is 0.264 e. The largest absolute Gasteiger partial charge is 0.493 e. The van der Waals surface area contributed by atoms with Crippen LogP contribution in [0.25, 0.3) is 0 Å². The lowest BCUT2D eigenvalue weighted by molar-refractivity contribution is 0.352. The molecule has 1 aromatic carbocycles. The van der Waals surface area contributed by atoms with Crippen molar-refractivity contribution in [3.8, 4) is 11.5 Å². The number of methoxy groups -OCH3 is 2. The molecule has 7 heteroatoms. The van der Waals surface area contributed by atoms with Gasteiger partial charge in [0.1, 0.15) is 0 Å². The summed E-state index contributed by atoms with van der Waals surface area (Å²) in [4.78, 5) is 0. The molecular weight excluding hydrogens is 294 g/mol. The van der Waals surface area contributed by atoms with E-state index >= 15 is 0 Å². The van der Waals surface area contributed by atoms with Gasteiger partial charge in [-0.05, 0) is 37.4 Å². The summed E-state index contributed by atoms with van der Waals surface area (Å²) in [5.41, 5.74) is 2.31. The molecule has 21 heavy (non-hydrogen) atoms. The molecule has 2 rings (SSSR count). The molecule has 0 saturated heterocycles. The normalized spacial score (nSPS) is 17.6. The third kappa shape index (κ3) is 3.87. The molecule has 0 spiro atoms. The Bertz CT molecular complexity index is 600. The maximum absolute atomic E-state index is 10.7. The number of hydrogen-bond donors (Lipinski definition) is 2. The summed E-state index contributed by atoms with van der Waals surface area (Å²) >= 11 is 0. The van der Waals surface area contributed by atoms with Crippen molar-refractivity contribution in [3.63, 3.8) is 0 Å². The molecule has 2 N–H and O–H groups in total. The molecule has 0 aromatic heterocycles. The molecule has 0 aliphatic heterocycles. The third-order valence-electron chi connectivity index (χ3n) is 3.71. The topological polar surface area (TPSA) is 84.9 Å². The average Bonchev–Trinajstić information content (AvgIpc) is 2.84. The van der Waals surface area contributed by atoms with E-state index < -0.39 is 10.1 Å². The van der Waals surface area contributed by atoms with Gasteiger partial charge in [-0.3, -0.25) is 4.55 Å². The Hall–Kier alpha value is -1.31. The van der Waals surface area contributed by atoms with Crippen molar-refractivity contribution < 1.29 is 22.4 Å². The van der Waals surface area contributed by atoms with E-state index in [4.69, 9.17) is 14.0 Å². The van der Waals surface area contributed by atoms with Gasteiger partial charge in [-0.1, -0.05) is 6.07 Å². The maximum atomic E-state index is 10.7. The highest BCUT2D eigenvalue weighted by molar-refractivity contribution is 7.85. The van der Waals surface area contributed by atoms with Crippen molar-refractivity contribution in [2.24, 2.45) is 0 Å². The van der Waals surface area contributed by atoms with E-state index in [1.165, 1.54) is 5.56 Å². The van der Waals surface area contributed by atoms with Gasteiger partial charge in [0.05, 0.1) is 20.0 Å². The Balaban J connectivity index is 2.02. The molecule has 0 fully saturated rings. The summed E-state index contributed by atoms with van der Waals surface area (Å²) < 4.78 is 40.8. The maximum Gasteiger partial charge on any atom is 0.264 e. The van der Waals surface area contributed by atoms with Crippen LogP contribution in [-0.2, 0) is 16.5 Å². The predicted octanol–water partition coefficient (Wildman–Crippen LogP) is 1.56. The predicted molar refractivity (Wildman–Crippen MR) is 79.6 cm³/mol. The first-order valence-electron chi connectivity index (χ1n) is 6.88. The van der Waals surface area contributed by atoms with Crippen LogP contribution in [0.2, 0.25) is 0 Å². The van der Waals surface area contributed by atoms with E-state index in [-0.39, 0.29) is 11.8 Å². The van der Waals surface area contributed by atoms with Crippen LogP contribution in [-0.4, -0.2) is 39.5 Å². The monoisotopic (exact) mass is 315 g/mol. The second kappa shape index (κ2) is 6.64. The van der Waals surface area contributed by atoms with E-state index in [9.17, 15) is 8.42 Å². The first-order chi connectivity index (χ1) is 9.96. The van der Waals surface area contributed by atoms with Gasteiger partial charge in [-0.15, -0.1) is 0 Å². The van der Waals surface area contributed by atoms with Crippen LogP contribution in [0.5, 0.6) is 11.5 Å². The van der Waals surface area contributed by atoms with Crippen molar-refractivity contribution in [3.05, 3.63) is 23.3 Å². The summed E-state index contributed by atoms with van der Waals surface area (Å²) in [6, 6.07) is 4.08. The fourth-order valence-electron chi connectivity index (χ4n) is 2.78. The molecule has 0 radical (unpaired) electrons. The van der Waals surface area contributed by atoms with Crippen LogP contribution < -0.4 is 14.8 Å². The van der Waals surface area contributed by atoms with Crippen molar-refractivity contribution in [2.45, 2.75) is 25.3 Å². The van der Waals surface area contributed by atoms with Crippen LogP contribution in [0.15, 0.2) is 12.1 Å². The zero-order valence-corrected chi connectivity index (χ0v) is 13.1. The lowest BCUT2D eigenvalue weighted by Gasteiger charge is -2.16. The fourth-order valence-corrected chi connectivity index (χ4v) is 3.29. The van der Waals surface area contributed by atoms with E-state index in [1.807, 2.05) is 12.1 Å². The Kier molecular flexibility index (Phi) is 5.08. The minimum absolute atomic E-state index is 0.182. The van der Waals surface area contributed by atoms with Crippen molar-refractivity contribution in [1.29, 1.82) is 0 Å². The van der Waals surface area contributed by atoms with Crippen LogP contribution in [0.1, 0.15) is 30.0 Å². The van der Waals surface area contributed by atoms with Crippen LogP contribution in [0.4, 0.5) is 0 Å². The molecule has 1 aromatic rings. The molecule has 1 aliphatic carbocycles. The highest BCUT2D eigenvalue weighted by Crippen LogP contribution is 2.42. The number of benzene rings is 1. The fraction of sp³-hybridized carbons (Fsp3) is 0.571. The Morgan fingerprint density at radius 3 is 2.71 bits per heavy atom. The number of nitrogens with one attached hydrogen (secondary N) is 1. The molecular formula is C14H21NO5S. The SMILES string of the molecule is COc1ccc2c(c1OC)CCC2NCCCS(=O)(=O)O. The summed E-state index contributed by atoms with van der Waals surface area (Å²) in [6.07, 6.45) is 2.22. The van der Waals surface area contributed by atoms with Gasteiger partial charge in [0.2, 0.25) is 0 Å². The first kappa shape index (κ1) is 16.1. The van der Waals surface area contributed by atoms with Crippen molar-refractivity contribution >= 4 is 10.1 Å². The molecule has 1 unspecified atom stereocenters. The van der Waals surface area contributed by atoms with Gasteiger partial charge in [-0.2, -0.15) is 8.42 Å². The second-order valence-corrected chi connectivity index (χ2v) is 6.63. The number of rotatable bonds is 7. The summed E-state index contributed by atoms with van der Waals surface area (Å²) in [7, 11) is -0.631. The first-order valence-corrected chi connectivity index (χ1v) is 8.49.